The fourth-order valence-corrected chi connectivity index (χ4v) is 1.91. The van der Waals surface area contributed by atoms with Crippen LogP contribution < -0.4 is 5.32 Å². The largest absolute Gasteiger partial charge is 0.467 e. The second-order valence-corrected chi connectivity index (χ2v) is 8.23. The Morgan fingerprint density at radius 3 is 2.58 bits per heavy atom. The molecule has 0 saturated carbocycles. The Kier molecular flexibility index (Phi) is 5.18. The van der Waals surface area contributed by atoms with Gasteiger partial charge in [0.05, 0.1) is 11.0 Å². The number of hydrogen-bond donors (Lipinski definition) is 2. The summed E-state index contributed by atoms with van der Waals surface area (Å²) in [5.74, 6) is 0.524. The van der Waals surface area contributed by atoms with E-state index in [1.54, 1.807) is 26.0 Å². The van der Waals surface area contributed by atoms with Crippen molar-refractivity contribution in [3.63, 3.8) is 0 Å². The molecule has 1 heterocycles. The van der Waals surface area contributed by atoms with Gasteiger partial charge in [0.25, 0.3) is 0 Å². The fraction of sp³-hybridized carbons (Fsp3) is 0.692. The van der Waals surface area contributed by atoms with Gasteiger partial charge in [0, 0.05) is 18.8 Å². The summed E-state index contributed by atoms with van der Waals surface area (Å²) >= 11 is 0. The van der Waals surface area contributed by atoms with Crippen LogP contribution in [0.3, 0.4) is 0 Å². The third-order valence-electron chi connectivity index (χ3n) is 3.33. The summed E-state index contributed by atoms with van der Waals surface area (Å²) in [6, 6.07) is 3.43. The molecule has 2 N–H and O–H groups in total. The summed E-state index contributed by atoms with van der Waals surface area (Å²) in [5.41, 5.74) is 0. The highest BCUT2D eigenvalue weighted by molar-refractivity contribution is 7.92. The first kappa shape index (κ1) is 16.2. The maximum Gasteiger partial charge on any atom is 0.153 e. The van der Waals surface area contributed by atoms with Crippen LogP contribution in [0.25, 0.3) is 0 Å². The molecule has 6 heteroatoms. The summed E-state index contributed by atoms with van der Waals surface area (Å²) in [6.07, 6.45) is 2.53. The predicted molar refractivity (Wildman–Crippen MR) is 74.7 cm³/mol. The van der Waals surface area contributed by atoms with Gasteiger partial charge in [0.1, 0.15) is 11.9 Å². The quantitative estimate of drug-likeness (QED) is 0.795. The van der Waals surface area contributed by atoms with E-state index in [4.69, 9.17) is 4.42 Å². The lowest BCUT2D eigenvalue weighted by atomic mass is 10.1. The number of sulfone groups is 1. The molecule has 5 nitrogen and oxygen atoms in total. The summed E-state index contributed by atoms with van der Waals surface area (Å²) in [5, 5.41) is 13.1. The lowest BCUT2D eigenvalue weighted by Gasteiger charge is -2.26. The lowest BCUT2D eigenvalue weighted by molar-refractivity contribution is 0.128. The molecule has 0 aromatic carbocycles. The van der Waals surface area contributed by atoms with Gasteiger partial charge >= 0.3 is 0 Å². The van der Waals surface area contributed by atoms with Crippen molar-refractivity contribution in [3.8, 4) is 0 Å². The number of rotatable bonds is 7. The molecule has 1 aromatic heterocycles. The first-order valence-corrected chi connectivity index (χ1v) is 8.17. The van der Waals surface area contributed by atoms with Crippen molar-refractivity contribution in [1.29, 1.82) is 0 Å². The van der Waals surface area contributed by atoms with E-state index in [9.17, 15) is 13.5 Å². The molecule has 0 bridgehead atoms. The molecule has 0 aliphatic carbocycles. The van der Waals surface area contributed by atoms with Gasteiger partial charge in [0.15, 0.2) is 9.84 Å². The third kappa shape index (κ3) is 4.63. The van der Waals surface area contributed by atoms with E-state index in [1.165, 1.54) is 12.5 Å². The van der Waals surface area contributed by atoms with Crippen LogP contribution in [0.1, 0.15) is 39.1 Å². The number of furan rings is 1. The summed E-state index contributed by atoms with van der Waals surface area (Å²) in [7, 11) is -3.11. The predicted octanol–water partition coefficient (Wildman–Crippen LogP) is 1.50. The highest BCUT2D eigenvalue weighted by Crippen LogP contribution is 2.19. The molecular formula is C13H23NO4S. The molecule has 0 aliphatic rings. The van der Waals surface area contributed by atoms with Crippen molar-refractivity contribution < 1.29 is 17.9 Å². The third-order valence-corrected chi connectivity index (χ3v) is 5.48. The van der Waals surface area contributed by atoms with Crippen LogP contribution >= 0.6 is 0 Å². The van der Waals surface area contributed by atoms with Gasteiger partial charge in [-0.25, -0.2) is 8.42 Å². The summed E-state index contributed by atoms with van der Waals surface area (Å²) in [4.78, 5) is 0. The highest BCUT2D eigenvalue weighted by Gasteiger charge is 2.30. The smallest absolute Gasteiger partial charge is 0.153 e. The second kappa shape index (κ2) is 6.07. The Balaban J connectivity index is 2.46. The molecule has 0 spiro atoms. The Labute approximate surface area is 114 Å². The first-order valence-electron chi connectivity index (χ1n) is 6.28. The maximum atomic E-state index is 11.6. The van der Waals surface area contributed by atoms with E-state index in [0.29, 0.717) is 18.7 Å². The maximum absolute atomic E-state index is 11.6. The molecule has 19 heavy (non-hydrogen) atoms. The Morgan fingerprint density at radius 2 is 2.11 bits per heavy atom. The van der Waals surface area contributed by atoms with Crippen LogP contribution in [-0.4, -0.2) is 37.1 Å². The topological polar surface area (TPSA) is 79.5 Å². The summed E-state index contributed by atoms with van der Waals surface area (Å²) < 4.78 is 27.4. The average molecular weight is 289 g/mol. The molecule has 2 unspecified atom stereocenters. The molecule has 1 rings (SSSR count). The van der Waals surface area contributed by atoms with Gasteiger partial charge in [-0.05, 0) is 39.3 Å². The second-order valence-electron chi connectivity index (χ2n) is 5.58. The van der Waals surface area contributed by atoms with Gasteiger partial charge in [-0.3, -0.25) is 0 Å². The molecule has 1 aromatic rings. The van der Waals surface area contributed by atoms with Crippen molar-refractivity contribution in [1.82, 2.24) is 5.32 Å². The molecule has 2 atom stereocenters. The van der Waals surface area contributed by atoms with Crippen molar-refractivity contribution in [2.24, 2.45) is 0 Å². The summed E-state index contributed by atoms with van der Waals surface area (Å²) in [6.45, 7) is 5.62. The van der Waals surface area contributed by atoms with Gasteiger partial charge in [-0.1, -0.05) is 0 Å². The van der Waals surface area contributed by atoms with Crippen LogP contribution in [0.5, 0.6) is 0 Å². The van der Waals surface area contributed by atoms with Gasteiger partial charge < -0.3 is 14.8 Å². The Bertz CT molecular complexity index is 479. The molecule has 0 fully saturated rings. The monoisotopic (exact) mass is 289 g/mol. The van der Waals surface area contributed by atoms with E-state index in [-0.39, 0.29) is 6.04 Å². The lowest BCUT2D eigenvalue weighted by Crippen LogP contribution is -2.44. The van der Waals surface area contributed by atoms with Crippen molar-refractivity contribution in [3.05, 3.63) is 24.2 Å². The zero-order chi connectivity index (χ0) is 14.7. The fourth-order valence-electron chi connectivity index (χ4n) is 1.57. The average Bonchev–Trinajstić information content (AvgIpc) is 2.78. The molecule has 0 amide bonds. The van der Waals surface area contributed by atoms with Crippen molar-refractivity contribution >= 4 is 9.84 Å². The first-order chi connectivity index (χ1) is 8.63. The minimum Gasteiger partial charge on any atom is -0.467 e. The SMILES string of the molecule is CC(CC(O)c1ccco1)NCC(C)(C)S(C)(=O)=O. The highest BCUT2D eigenvalue weighted by atomic mass is 32.2. The van der Waals surface area contributed by atoms with E-state index in [1.807, 2.05) is 6.92 Å². The zero-order valence-electron chi connectivity index (χ0n) is 11.9. The van der Waals surface area contributed by atoms with Crippen molar-refractivity contribution in [2.45, 2.75) is 44.1 Å². The number of nitrogens with one attached hydrogen (secondary N) is 1. The van der Waals surface area contributed by atoms with Crippen LogP contribution in [0.2, 0.25) is 0 Å². The van der Waals surface area contributed by atoms with Crippen molar-refractivity contribution in [2.75, 3.05) is 12.8 Å². The van der Waals surface area contributed by atoms with Crippen LogP contribution in [-0.2, 0) is 9.84 Å². The van der Waals surface area contributed by atoms with E-state index in [2.05, 4.69) is 5.32 Å². The van der Waals surface area contributed by atoms with Gasteiger partial charge in [0.2, 0.25) is 0 Å². The van der Waals surface area contributed by atoms with E-state index < -0.39 is 20.7 Å². The standard InChI is InChI=1S/C13H23NO4S/c1-10(8-11(15)12-6-5-7-18-12)14-9-13(2,3)19(4,16)17/h5-7,10-11,14-15H,8-9H2,1-4H3. The Hall–Kier alpha value is -0.850. The van der Waals surface area contributed by atoms with Crippen LogP contribution in [0, 0.1) is 0 Å². The molecular weight excluding hydrogens is 266 g/mol. The molecule has 0 saturated heterocycles. The minimum atomic E-state index is -3.11. The molecule has 0 aliphatic heterocycles. The van der Waals surface area contributed by atoms with Crippen LogP contribution in [0.4, 0.5) is 0 Å². The van der Waals surface area contributed by atoms with Crippen LogP contribution in [0.15, 0.2) is 22.8 Å². The molecule has 110 valence electrons. The number of aliphatic hydroxyl groups is 1. The zero-order valence-corrected chi connectivity index (χ0v) is 12.7. The van der Waals surface area contributed by atoms with Gasteiger partial charge in [-0.2, -0.15) is 0 Å². The molecule has 0 radical (unpaired) electrons. The Morgan fingerprint density at radius 1 is 1.47 bits per heavy atom. The minimum absolute atomic E-state index is 0.0128. The van der Waals surface area contributed by atoms with Gasteiger partial charge in [-0.15, -0.1) is 0 Å². The normalized spacial score (nSPS) is 16.3. The number of aliphatic hydroxyl groups excluding tert-OH is 1. The van der Waals surface area contributed by atoms with E-state index >= 15 is 0 Å². The number of hydrogen-bond acceptors (Lipinski definition) is 5. The van der Waals surface area contributed by atoms with E-state index in [0.717, 1.165) is 0 Å².